The first kappa shape index (κ1) is 20.8. The van der Waals surface area contributed by atoms with Crippen LogP contribution in [0.2, 0.25) is 0 Å². The number of hydrogen-bond donors (Lipinski definition) is 0. The normalized spacial score (nSPS) is 14.3. The summed E-state index contributed by atoms with van der Waals surface area (Å²) >= 11 is 0. The van der Waals surface area contributed by atoms with Gasteiger partial charge in [-0.05, 0) is 31.9 Å². The number of ether oxygens (including phenoxy) is 1. The Kier molecular flexibility index (Phi) is 6.83. The first-order valence-corrected chi connectivity index (χ1v) is 10.1. The molecule has 1 aliphatic heterocycles. The topological polar surface area (TPSA) is 49.9 Å². The number of benzene rings is 2. The van der Waals surface area contributed by atoms with Crippen LogP contribution >= 0.6 is 0 Å². The number of carbonyl (C=O) groups excluding carboxylic acids is 2. The van der Waals surface area contributed by atoms with Crippen molar-refractivity contribution in [3.05, 3.63) is 77.5 Å². The summed E-state index contributed by atoms with van der Waals surface area (Å²) in [6.45, 7) is 7.64. The van der Waals surface area contributed by atoms with Gasteiger partial charge in [-0.2, -0.15) is 0 Å². The van der Waals surface area contributed by atoms with E-state index in [1.807, 2.05) is 86.3 Å². The smallest absolute Gasteiger partial charge is 0.277 e. The molecule has 1 heterocycles. The molecule has 2 amide bonds. The third-order valence-corrected chi connectivity index (χ3v) is 4.89. The van der Waals surface area contributed by atoms with Gasteiger partial charge in [0.25, 0.3) is 11.8 Å². The van der Waals surface area contributed by atoms with Crippen molar-refractivity contribution < 1.29 is 14.3 Å². The van der Waals surface area contributed by atoms with Crippen LogP contribution in [0.1, 0.15) is 31.9 Å². The maximum Gasteiger partial charge on any atom is 0.277 e. The first-order valence-electron chi connectivity index (χ1n) is 10.1. The Morgan fingerprint density at radius 1 is 0.931 bits per heavy atom. The number of carbonyl (C=O) groups is 2. The van der Waals surface area contributed by atoms with E-state index in [4.69, 9.17) is 4.74 Å². The van der Waals surface area contributed by atoms with E-state index in [9.17, 15) is 9.59 Å². The minimum atomic E-state index is -0.255. The molecule has 0 atom stereocenters. The number of likely N-dealkylation sites (N-methyl/N-ethyl adjacent to an activating group) is 1. The second-order valence-corrected chi connectivity index (χ2v) is 7.27. The average molecular weight is 392 g/mol. The van der Waals surface area contributed by atoms with Gasteiger partial charge < -0.3 is 9.64 Å². The number of rotatable bonds is 9. The predicted molar refractivity (Wildman–Crippen MR) is 114 cm³/mol. The van der Waals surface area contributed by atoms with E-state index < -0.39 is 0 Å². The summed E-state index contributed by atoms with van der Waals surface area (Å²) in [6.07, 6.45) is 0.0500. The summed E-state index contributed by atoms with van der Waals surface area (Å²) in [7, 11) is 0. The van der Waals surface area contributed by atoms with Crippen molar-refractivity contribution >= 4 is 17.4 Å². The van der Waals surface area contributed by atoms with E-state index in [0.29, 0.717) is 31.0 Å². The molecule has 0 N–H and O–H groups in total. The van der Waals surface area contributed by atoms with Crippen LogP contribution in [0.25, 0.3) is 5.57 Å². The predicted octanol–water partition coefficient (Wildman–Crippen LogP) is 3.71. The lowest BCUT2D eigenvalue weighted by Crippen LogP contribution is -2.37. The van der Waals surface area contributed by atoms with Gasteiger partial charge in [0.15, 0.2) is 0 Å². The lowest BCUT2D eigenvalue weighted by atomic mass is 10.0. The van der Waals surface area contributed by atoms with Gasteiger partial charge in [0.05, 0.1) is 24.8 Å². The fraction of sp³-hybridized carbons (Fsp3) is 0.333. The van der Waals surface area contributed by atoms with Gasteiger partial charge in [-0.15, -0.1) is 0 Å². The highest BCUT2D eigenvalue weighted by Gasteiger charge is 2.41. The molecule has 0 bridgehead atoms. The monoisotopic (exact) mass is 392 g/mol. The van der Waals surface area contributed by atoms with E-state index in [1.165, 1.54) is 4.90 Å². The van der Waals surface area contributed by atoms with Crippen molar-refractivity contribution in [2.45, 2.75) is 33.4 Å². The fourth-order valence-electron chi connectivity index (χ4n) is 3.46. The Labute approximate surface area is 172 Å². The molecule has 0 aromatic heterocycles. The lowest BCUT2D eigenvalue weighted by molar-refractivity contribution is -0.138. The van der Waals surface area contributed by atoms with Crippen molar-refractivity contribution in [1.29, 1.82) is 0 Å². The van der Waals surface area contributed by atoms with Gasteiger partial charge in [-0.3, -0.25) is 14.5 Å². The molecule has 2 aromatic rings. The van der Waals surface area contributed by atoms with Gasteiger partial charge in [-0.25, -0.2) is 0 Å². The summed E-state index contributed by atoms with van der Waals surface area (Å²) in [5, 5.41) is 0. The summed E-state index contributed by atoms with van der Waals surface area (Å²) in [5.41, 5.74) is 2.80. The Morgan fingerprint density at radius 3 is 2.14 bits per heavy atom. The zero-order valence-electron chi connectivity index (χ0n) is 17.3. The SMILES string of the molecule is CCN(Cc1ccccc1)C1=C(c2ccccc2)C(=O)N(CCOC(C)C)C1=O. The van der Waals surface area contributed by atoms with Crippen molar-refractivity contribution in [2.24, 2.45) is 0 Å². The third kappa shape index (κ3) is 4.74. The zero-order chi connectivity index (χ0) is 20.8. The molecule has 3 rings (SSSR count). The minimum Gasteiger partial charge on any atom is -0.377 e. The number of imide groups is 1. The van der Waals surface area contributed by atoms with E-state index in [0.717, 1.165) is 11.1 Å². The lowest BCUT2D eigenvalue weighted by Gasteiger charge is -2.25. The van der Waals surface area contributed by atoms with Gasteiger partial charge in [-0.1, -0.05) is 60.7 Å². The summed E-state index contributed by atoms with van der Waals surface area (Å²) in [4.78, 5) is 29.9. The highest BCUT2D eigenvalue weighted by molar-refractivity contribution is 6.35. The third-order valence-electron chi connectivity index (χ3n) is 4.89. The van der Waals surface area contributed by atoms with E-state index >= 15 is 0 Å². The molecule has 2 aromatic carbocycles. The highest BCUT2D eigenvalue weighted by atomic mass is 16.5. The van der Waals surface area contributed by atoms with Gasteiger partial charge in [0.2, 0.25) is 0 Å². The van der Waals surface area contributed by atoms with E-state index in [-0.39, 0.29) is 24.5 Å². The van der Waals surface area contributed by atoms with Gasteiger partial charge >= 0.3 is 0 Å². The summed E-state index contributed by atoms with van der Waals surface area (Å²) in [6, 6.07) is 19.4. The minimum absolute atomic E-state index is 0.0500. The van der Waals surface area contributed by atoms with Crippen molar-refractivity contribution in [3.63, 3.8) is 0 Å². The zero-order valence-corrected chi connectivity index (χ0v) is 17.3. The molecule has 0 spiro atoms. The number of nitrogens with zero attached hydrogens (tertiary/aromatic N) is 2. The maximum absolute atomic E-state index is 13.3. The standard InChI is InChI=1S/C24H28N2O3/c1-4-25(17-19-11-7-5-8-12-19)22-21(20-13-9-6-10-14-20)23(27)26(24(22)28)15-16-29-18(2)3/h5-14,18H,4,15-17H2,1-3H3. The van der Waals surface area contributed by atoms with Crippen LogP contribution in [-0.4, -0.2) is 47.4 Å². The molecular formula is C24H28N2O3. The van der Waals surface area contributed by atoms with E-state index in [1.54, 1.807) is 0 Å². The Balaban J connectivity index is 1.96. The van der Waals surface area contributed by atoms with Crippen LogP contribution in [0.15, 0.2) is 66.4 Å². The molecule has 0 fully saturated rings. The average Bonchev–Trinajstić information content (AvgIpc) is 2.98. The maximum atomic E-state index is 13.3. The Morgan fingerprint density at radius 2 is 1.55 bits per heavy atom. The molecular weight excluding hydrogens is 364 g/mol. The van der Waals surface area contributed by atoms with Crippen LogP contribution in [0.5, 0.6) is 0 Å². The second kappa shape index (κ2) is 9.52. The van der Waals surface area contributed by atoms with Gasteiger partial charge in [0, 0.05) is 13.1 Å². The molecule has 0 saturated heterocycles. The second-order valence-electron chi connectivity index (χ2n) is 7.27. The summed E-state index contributed by atoms with van der Waals surface area (Å²) in [5.74, 6) is -0.506. The van der Waals surface area contributed by atoms with Crippen molar-refractivity contribution in [3.8, 4) is 0 Å². The largest absolute Gasteiger partial charge is 0.377 e. The van der Waals surface area contributed by atoms with Crippen molar-refractivity contribution in [2.75, 3.05) is 19.7 Å². The molecule has 0 radical (unpaired) electrons. The van der Waals surface area contributed by atoms with Crippen LogP contribution in [0, 0.1) is 0 Å². The van der Waals surface area contributed by atoms with Crippen LogP contribution in [0.4, 0.5) is 0 Å². The van der Waals surface area contributed by atoms with Crippen LogP contribution in [0.3, 0.4) is 0 Å². The molecule has 0 unspecified atom stereocenters. The van der Waals surface area contributed by atoms with E-state index in [2.05, 4.69) is 0 Å². The highest BCUT2D eigenvalue weighted by Crippen LogP contribution is 2.32. The van der Waals surface area contributed by atoms with Crippen molar-refractivity contribution in [1.82, 2.24) is 9.80 Å². The summed E-state index contributed by atoms with van der Waals surface area (Å²) < 4.78 is 5.58. The van der Waals surface area contributed by atoms with Crippen LogP contribution in [-0.2, 0) is 20.9 Å². The number of hydrogen-bond acceptors (Lipinski definition) is 4. The van der Waals surface area contributed by atoms with Gasteiger partial charge in [0.1, 0.15) is 5.70 Å². The molecule has 0 aliphatic carbocycles. The Bertz CT molecular complexity index is 876. The molecule has 152 valence electrons. The molecule has 0 saturated carbocycles. The fourth-order valence-corrected chi connectivity index (χ4v) is 3.46. The molecule has 29 heavy (non-hydrogen) atoms. The Hall–Kier alpha value is -2.92. The molecule has 5 heteroatoms. The number of amides is 2. The molecule has 5 nitrogen and oxygen atoms in total. The quantitative estimate of drug-likeness (QED) is 0.611. The van der Waals surface area contributed by atoms with Crippen LogP contribution < -0.4 is 0 Å². The first-order chi connectivity index (χ1) is 14.0. The molecule has 1 aliphatic rings.